The number of hydrogen-bond donors (Lipinski definition) is 0. The standard InChI is InChI=1S/C56H34N2O/c1-2-11-35(12-3-1)36-21-27-39(28-22-36)58-49-19-8-5-15-47(49)55-51(58)33-26-38-25-31-44-43(53(38)55)32-34-50-54(44)46-14-4-7-18-48(46)57(50)40-29-23-37(24-30-40)41-16-10-17-45-42-13-6-9-20-52(42)59-56(41)45/h1-34H. The Balaban J connectivity index is 1.01. The first kappa shape index (κ1) is 32.2. The van der Waals surface area contributed by atoms with Crippen molar-refractivity contribution in [1.82, 2.24) is 9.13 Å². The predicted molar refractivity (Wildman–Crippen MR) is 248 cm³/mol. The quantitative estimate of drug-likeness (QED) is 0.164. The van der Waals surface area contributed by atoms with E-state index in [0.29, 0.717) is 0 Å². The second kappa shape index (κ2) is 12.3. The smallest absolute Gasteiger partial charge is 0.143 e. The van der Waals surface area contributed by atoms with Gasteiger partial charge in [0.1, 0.15) is 11.2 Å². The van der Waals surface area contributed by atoms with Crippen LogP contribution in [0.15, 0.2) is 211 Å². The van der Waals surface area contributed by atoms with E-state index in [-0.39, 0.29) is 0 Å². The number of furan rings is 1. The van der Waals surface area contributed by atoms with Gasteiger partial charge in [-0.3, -0.25) is 0 Å². The molecule has 0 bridgehead atoms. The van der Waals surface area contributed by atoms with Crippen molar-refractivity contribution in [2.75, 3.05) is 0 Å². The minimum Gasteiger partial charge on any atom is -0.455 e. The Morgan fingerprint density at radius 3 is 1.56 bits per heavy atom. The van der Waals surface area contributed by atoms with E-state index in [4.69, 9.17) is 4.42 Å². The van der Waals surface area contributed by atoms with Crippen molar-refractivity contribution in [1.29, 1.82) is 0 Å². The normalized spacial score (nSPS) is 12.1. The van der Waals surface area contributed by atoms with Crippen molar-refractivity contribution in [3.8, 4) is 33.6 Å². The van der Waals surface area contributed by atoms with E-state index in [9.17, 15) is 0 Å². The number of rotatable bonds is 4. The van der Waals surface area contributed by atoms with Crippen molar-refractivity contribution in [2.45, 2.75) is 0 Å². The average molecular weight is 751 g/mol. The molecule has 3 heteroatoms. The molecule has 10 aromatic carbocycles. The highest BCUT2D eigenvalue weighted by molar-refractivity contribution is 6.32. The Hall–Kier alpha value is -7.88. The van der Waals surface area contributed by atoms with Crippen molar-refractivity contribution < 1.29 is 4.42 Å². The molecule has 13 rings (SSSR count). The van der Waals surface area contributed by atoms with Crippen LogP contribution in [0, 0.1) is 0 Å². The minimum atomic E-state index is 0.914. The lowest BCUT2D eigenvalue weighted by atomic mass is 9.95. The van der Waals surface area contributed by atoms with Crippen LogP contribution < -0.4 is 0 Å². The first-order valence-electron chi connectivity index (χ1n) is 20.3. The maximum atomic E-state index is 6.41. The third kappa shape index (κ3) is 4.64. The van der Waals surface area contributed by atoms with Gasteiger partial charge in [-0.1, -0.05) is 152 Å². The molecule has 0 amide bonds. The zero-order chi connectivity index (χ0) is 38.6. The molecule has 0 fully saturated rings. The van der Waals surface area contributed by atoms with E-state index in [0.717, 1.165) is 44.4 Å². The lowest BCUT2D eigenvalue weighted by Gasteiger charge is -2.12. The molecule has 0 N–H and O–H groups in total. The van der Waals surface area contributed by atoms with E-state index in [1.54, 1.807) is 0 Å². The summed E-state index contributed by atoms with van der Waals surface area (Å²) in [5.74, 6) is 0. The largest absolute Gasteiger partial charge is 0.455 e. The molecule has 0 atom stereocenters. The average Bonchev–Trinajstić information content (AvgIpc) is 3.97. The lowest BCUT2D eigenvalue weighted by molar-refractivity contribution is 0.670. The van der Waals surface area contributed by atoms with Crippen LogP contribution in [0.1, 0.15) is 0 Å². The number of fused-ring (bicyclic) bond motifs is 14. The summed E-state index contributed by atoms with van der Waals surface area (Å²) in [7, 11) is 0. The number of hydrogen-bond acceptors (Lipinski definition) is 1. The van der Waals surface area contributed by atoms with Gasteiger partial charge < -0.3 is 13.6 Å². The first-order valence-corrected chi connectivity index (χ1v) is 20.3. The molecule has 13 aromatic rings. The first-order chi connectivity index (χ1) is 29.3. The van der Waals surface area contributed by atoms with Crippen LogP contribution in [0.3, 0.4) is 0 Å². The van der Waals surface area contributed by atoms with Crippen LogP contribution >= 0.6 is 0 Å². The van der Waals surface area contributed by atoms with E-state index in [1.165, 1.54) is 76.3 Å². The maximum absolute atomic E-state index is 6.41. The lowest BCUT2D eigenvalue weighted by Crippen LogP contribution is -1.94. The minimum absolute atomic E-state index is 0.914. The van der Waals surface area contributed by atoms with Gasteiger partial charge in [0.05, 0.1) is 22.1 Å². The SMILES string of the molecule is c1ccc(-c2ccc(-n3c4ccccc4c4c5c(ccc6c5ccc5c6c6ccccc6n5-c5ccc(-c6cccc7c6oc6ccccc67)cc5)ccc43)cc2)cc1. The number of para-hydroxylation sites is 4. The molecule has 274 valence electrons. The molecule has 0 aliphatic rings. The highest BCUT2D eigenvalue weighted by atomic mass is 16.3. The van der Waals surface area contributed by atoms with Crippen molar-refractivity contribution in [3.63, 3.8) is 0 Å². The van der Waals surface area contributed by atoms with E-state index in [1.807, 2.05) is 12.1 Å². The summed E-state index contributed by atoms with van der Waals surface area (Å²) < 4.78 is 11.3. The third-order valence-corrected chi connectivity index (χ3v) is 12.5. The van der Waals surface area contributed by atoms with Gasteiger partial charge in [-0.05, 0) is 92.8 Å². The Morgan fingerprint density at radius 2 is 0.814 bits per heavy atom. The van der Waals surface area contributed by atoms with Gasteiger partial charge in [0.2, 0.25) is 0 Å². The molecule has 0 radical (unpaired) electrons. The summed E-state index contributed by atoms with van der Waals surface area (Å²) in [6, 6.07) is 74.9. The van der Waals surface area contributed by atoms with Crippen LogP contribution in [0.25, 0.3) is 121 Å². The van der Waals surface area contributed by atoms with Crippen molar-refractivity contribution >= 4 is 87.1 Å². The van der Waals surface area contributed by atoms with Gasteiger partial charge in [-0.15, -0.1) is 0 Å². The Kier molecular flexibility index (Phi) is 6.72. The summed E-state index contributed by atoms with van der Waals surface area (Å²) in [4.78, 5) is 0. The topological polar surface area (TPSA) is 23.0 Å². The monoisotopic (exact) mass is 750 g/mol. The van der Waals surface area contributed by atoms with Crippen LogP contribution in [0.2, 0.25) is 0 Å². The van der Waals surface area contributed by atoms with Gasteiger partial charge in [-0.2, -0.15) is 0 Å². The Labute approximate surface area is 339 Å². The van der Waals surface area contributed by atoms with E-state index < -0.39 is 0 Å². The predicted octanol–water partition coefficient (Wildman–Crippen LogP) is 15.4. The zero-order valence-corrected chi connectivity index (χ0v) is 31.9. The summed E-state index contributed by atoms with van der Waals surface area (Å²) in [6.07, 6.45) is 0. The fraction of sp³-hybridized carbons (Fsp3) is 0. The maximum Gasteiger partial charge on any atom is 0.143 e. The van der Waals surface area contributed by atoms with Gasteiger partial charge in [-0.25, -0.2) is 0 Å². The van der Waals surface area contributed by atoms with Crippen molar-refractivity contribution in [2.24, 2.45) is 0 Å². The molecule has 59 heavy (non-hydrogen) atoms. The van der Waals surface area contributed by atoms with Crippen molar-refractivity contribution in [3.05, 3.63) is 206 Å². The Bertz CT molecular complexity index is 3810. The molecule has 3 heterocycles. The highest BCUT2D eigenvalue weighted by Gasteiger charge is 2.20. The molecule has 0 aliphatic heterocycles. The Morgan fingerprint density at radius 1 is 0.288 bits per heavy atom. The number of aromatic nitrogens is 2. The summed E-state index contributed by atoms with van der Waals surface area (Å²) >= 11 is 0. The van der Waals surface area contributed by atoms with Crippen LogP contribution in [-0.2, 0) is 0 Å². The summed E-state index contributed by atoms with van der Waals surface area (Å²) in [5.41, 5.74) is 13.6. The summed E-state index contributed by atoms with van der Waals surface area (Å²) in [5, 5.41) is 12.4. The third-order valence-electron chi connectivity index (χ3n) is 12.5. The molecule has 0 saturated heterocycles. The van der Waals surface area contributed by atoms with Crippen LogP contribution in [-0.4, -0.2) is 9.13 Å². The van der Waals surface area contributed by atoms with Gasteiger partial charge in [0.25, 0.3) is 0 Å². The molecule has 0 aliphatic carbocycles. The van der Waals surface area contributed by atoms with Crippen LogP contribution in [0.5, 0.6) is 0 Å². The van der Waals surface area contributed by atoms with Gasteiger partial charge in [0.15, 0.2) is 0 Å². The molecule has 3 aromatic heterocycles. The number of benzene rings is 10. The van der Waals surface area contributed by atoms with Gasteiger partial charge >= 0.3 is 0 Å². The fourth-order valence-electron chi connectivity index (χ4n) is 9.91. The molecule has 3 nitrogen and oxygen atoms in total. The van der Waals surface area contributed by atoms with Crippen LogP contribution in [0.4, 0.5) is 0 Å². The molecule has 0 spiro atoms. The molecular weight excluding hydrogens is 717 g/mol. The number of nitrogens with zero attached hydrogens (tertiary/aromatic N) is 2. The molecule has 0 saturated carbocycles. The second-order valence-electron chi connectivity index (χ2n) is 15.6. The zero-order valence-electron chi connectivity index (χ0n) is 31.9. The molecular formula is C56H34N2O. The van der Waals surface area contributed by atoms with E-state index >= 15 is 0 Å². The summed E-state index contributed by atoms with van der Waals surface area (Å²) in [6.45, 7) is 0. The second-order valence-corrected chi connectivity index (χ2v) is 15.6. The highest BCUT2D eigenvalue weighted by Crippen LogP contribution is 2.44. The van der Waals surface area contributed by atoms with E-state index in [2.05, 4.69) is 203 Å². The fourth-order valence-corrected chi connectivity index (χ4v) is 9.91. The molecule has 0 unspecified atom stereocenters. The van der Waals surface area contributed by atoms with Gasteiger partial charge in [0, 0.05) is 49.3 Å².